The average molecular weight is 463 g/mol. The molecule has 0 spiro atoms. The van der Waals surface area contributed by atoms with Crippen LogP contribution >= 0.6 is 11.6 Å². The van der Waals surface area contributed by atoms with Crippen molar-refractivity contribution in [1.29, 1.82) is 0 Å². The average Bonchev–Trinajstić information content (AvgIpc) is 2.80. The Bertz CT molecular complexity index is 910. The lowest BCUT2D eigenvalue weighted by Crippen LogP contribution is -2.55. The van der Waals surface area contributed by atoms with Crippen LogP contribution in [0.5, 0.6) is 11.5 Å². The molecule has 5 N–H and O–H groups in total. The standard InChI is InChI=1S/C23H31ClN4O4/c1-30-21-13-19(26)18(24)12-17(21)23(29)27-20-8-10-28(14-22(20)31-2)9-3-11-32-16-6-4-15(25)5-7-16/h4-7,12-13,20,22H,3,8-11,14,25-26H2,1-2H3,(H,27,29)/t20-,22+/m0/s1. The van der Waals surface area contributed by atoms with Gasteiger partial charge in [-0.2, -0.15) is 0 Å². The molecule has 3 rings (SSSR count). The second-order valence-corrected chi connectivity index (χ2v) is 8.20. The first-order chi connectivity index (χ1) is 15.4. The Morgan fingerprint density at radius 2 is 1.97 bits per heavy atom. The van der Waals surface area contributed by atoms with Crippen LogP contribution in [-0.4, -0.2) is 63.4 Å². The minimum absolute atomic E-state index is 0.115. The fourth-order valence-corrected chi connectivity index (χ4v) is 3.96. The maximum atomic E-state index is 12.9. The third-order valence-corrected chi connectivity index (χ3v) is 5.92. The molecule has 32 heavy (non-hydrogen) atoms. The number of benzene rings is 2. The summed E-state index contributed by atoms with van der Waals surface area (Å²) >= 11 is 6.10. The van der Waals surface area contributed by atoms with Crippen LogP contribution in [0.1, 0.15) is 23.2 Å². The SMILES string of the molecule is COc1cc(N)c(Cl)cc1C(=O)N[C@H]1CCN(CCCOc2ccc(N)cc2)C[C@H]1OC. The molecule has 0 saturated carbocycles. The Hall–Kier alpha value is -2.68. The third kappa shape index (κ3) is 6.18. The van der Waals surface area contributed by atoms with Crippen LogP contribution in [0.25, 0.3) is 0 Å². The molecule has 1 aliphatic rings. The lowest BCUT2D eigenvalue weighted by Gasteiger charge is -2.38. The molecule has 1 heterocycles. The van der Waals surface area contributed by atoms with Crippen LogP contribution < -0.4 is 26.3 Å². The number of hydrogen-bond acceptors (Lipinski definition) is 7. The van der Waals surface area contributed by atoms with Crippen molar-refractivity contribution < 1.29 is 19.0 Å². The molecule has 1 amide bonds. The summed E-state index contributed by atoms with van der Waals surface area (Å²) in [5.41, 5.74) is 12.9. The summed E-state index contributed by atoms with van der Waals surface area (Å²) in [4.78, 5) is 15.2. The summed E-state index contributed by atoms with van der Waals surface area (Å²) in [6.07, 6.45) is 1.54. The van der Waals surface area contributed by atoms with E-state index in [1.165, 1.54) is 13.2 Å². The Balaban J connectivity index is 1.49. The van der Waals surface area contributed by atoms with Crippen LogP contribution in [0.3, 0.4) is 0 Å². The highest BCUT2D eigenvalue weighted by atomic mass is 35.5. The molecule has 0 bridgehead atoms. The molecule has 8 nitrogen and oxygen atoms in total. The van der Waals surface area contributed by atoms with E-state index in [9.17, 15) is 4.79 Å². The van der Waals surface area contributed by atoms with Crippen LogP contribution in [0.2, 0.25) is 5.02 Å². The lowest BCUT2D eigenvalue weighted by atomic mass is 10.0. The van der Waals surface area contributed by atoms with Crippen molar-refractivity contribution >= 4 is 28.9 Å². The van der Waals surface area contributed by atoms with E-state index in [-0.39, 0.29) is 18.1 Å². The quantitative estimate of drug-likeness (QED) is 0.388. The van der Waals surface area contributed by atoms with Crippen molar-refractivity contribution in [1.82, 2.24) is 10.2 Å². The van der Waals surface area contributed by atoms with Crippen LogP contribution in [0, 0.1) is 0 Å². The van der Waals surface area contributed by atoms with Gasteiger partial charge in [-0.15, -0.1) is 0 Å². The molecule has 1 fully saturated rings. The molecular weight excluding hydrogens is 432 g/mol. The molecule has 0 aromatic heterocycles. The number of nitrogens with two attached hydrogens (primary N) is 2. The first-order valence-corrected chi connectivity index (χ1v) is 11.0. The molecular formula is C23H31ClN4O4. The summed E-state index contributed by atoms with van der Waals surface area (Å²) < 4.78 is 16.7. The van der Waals surface area contributed by atoms with Crippen molar-refractivity contribution in [2.24, 2.45) is 0 Å². The maximum Gasteiger partial charge on any atom is 0.255 e. The second-order valence-electron chi connectivity index (χ2n) is 7.79. The fraction of sp³-hybridized carbons (Fsp3) is 0.435. The normalized spacial score (nSPS) is 18.8. The lowest BCUT2D eigenvalue weighted by molar-refractivity contribution is 0.00527. The number of ether oxygens (including phenoxy) is 3. The largest absolute Gasteiger partial charge is 0.496 e. The van der Waals surface area contributed by atoms with E-state index in [2.05, 4.69) is 10.2 Å². The molecule has 2 aromatic carbocycles. The number of halogens is 1. The number of carbonyl (C=O) groups excluding carboxylic acids is 1. The topological polar surface area (TPSA) is 112 Å². The van der Waals surface area contributed by atoms with Gasteiger partial charge in [0.05, 0.1) is 42.1 Å². The summed E-state index contributed by atoms with van der Waals surface area (Å²) in [5, 5.41) is 3.38. The number of anilines is 2. The van der Waals surface area contributed by atoms with Crippen LogP contribution in [0.4, 0.5) is 11.4 Å². The minimum Gasteiger partial charge on any atom is -0.496 e. The number of nitrogens with one attached hydrogen (secondary N) is 1. The number of likely N-dealkylation sites (tertiary alicyclic amines) is 1. The van der Waals surface area contributed by atoms with Gasteiger partial charge in [0, 0.05) is 38.5 Å². The fourth-order valence-electron chi connectivity index (χ4n) is 3.79. The van der Waals surface area contributed by atoms with Crippen molar-refractivity contribution in [3.05, 3.63) is 47.0 Å². The highest BCUT2D eigenvalue weighted by Crippen LogP contribution is 2.29. The summed E-state index contributed by atoms with van der Waals surface area (Å²) in [7, 11) is 3.16. The second kappa shape index (κ2) is 11.3. The molecule has 0 radical (unpaired) electrons. The zero-order chi connectivity index (χ0) is 23.1. The monoisotopic (exact) mass is 462 g/mol. The number of carbonyl (C=O) groups is 1. The molecule has 9 heteroatoms. The van der Waals surface area contributed by atoms with Gasteiger partial charge >= 0.3 is 0 Å². The first kappa shape index (κ1) is 24.0. The molecule has 2 atom stereocenters. The van der Waals surface area contributed by atoms with E-state index < -0.39 is 0 Å². The Labute approximate surface area is 193 Å². The van der Waals surface area contributed by atoms with Gasteiger partial charge in [-0.1, -0.05) is 11.6 Å². The van der Waals surface area contributed by atoms with Crippen molar-refractivity contribution in [2.75, 3.05) is 51.9 Å². The van der Waals surface area contributed by atoms with Crippen LogP contribution in [-0.2, 0) is 4.74 Å². The van der Waals surface area contributed by atoms with Gasteiger partial charge in [-0.05, 0) is 43.2 Å². The maximum absolute atomic E-state index is 12.9. The van der Waals surface area contributed by atoms with E-state index in [0.717, 1.165) is 43.9 Å². The first-order valence-electron chi connectivity index (χ1n) is 10.6. The highest BCUT2D eigenvalue weighted by Gasteiger charge is 2.31. The van der Waals surface area contributed by atoms with Gasteiger partial charge in [0.15, 0.2) is 0 Å². The number of hydrogen-bond donors (Lipinski definition) is 3. The Morgan fingerprint density at radius 1 is 1.22 bits per heavy atom. The number of rotatable bonds is 9. The van der Waals surface area contributed by atoms with Gasteiger partial charge in [0.1, 0.15) is 11.5 Å². The molecule has 1 saturated heterocycles. The highest BCUT2D eigenvalue weighted by molar-refractivity contribution is 6.33. The summed E-state index contributed by atoms with van der Waals surface area (Å²) in [6, 6.07) is 10.4. The van der Waals surface area contributed by atoms with Gasteiger partial charge < -0.3 is 35.9 Å². The van der Waals surface area contributed by atoms with Crippen molar-refractivity contribution in [3.8, 4) is 11.5 Å². The van der Waals surface area contributed by atoms with Gasteiger partial charge in [-0.3, -0.25) is 4.79 Å². The zero-order valence-corrected chi connectivity index (χ0v) is 19.2. The van der Waals surface area contributed by atoms with E-state index in [0.29, 0.717) is 28.6 Å². The van der Waals surface area contributed by atoms with E-state index >= 15 is 0 Å². The van der Waals surface area contributed by atoms with Crippen molar-refractivity contribution in [2.45, 2.75) is 25.0 Å². The number of methoxy groups -OCH3 is 2. The minimum atomic E-state index is -0.263. The molecule has 1 aliphatic heterocycles. The number of piperidine rings is 1. The smallest absolute Gasteiger partial charge is 0.255 e. The Kier molecular flexibility index (Phi) is 8.44. The van der Waals surface area contributed by atoms with E-state index in [4.69, 9.17) is 37.3 Å². The van der Waals surface area contributed by atoms with Gasteiger partial charge in [-0.25, -0.2) is 0 Å². The molecule has 0 aliphatic carbocycles. The number of nitrogens with zero attached hydrogens (tertiary/aromatic N) is 1. The van der Waals surface area contributed by atoms with Crippen LogP contribution in [0.15, 0.2) is 36.4 Å². The van der Waals surface area contributed by atoms with E-state index in [1.807, 2.05) is 24.3 Å². The van der Waals surface area contributed by atoms with Gasteiger partial charge in [0.25, 0.3) is 5.91 Å². The molecule has 174 valence electrons. The third-order valence-electron chi connectivity index (χ3n) is 5.59. The van der Waals surface area contributed by atoms with E-state index in [1.54, 1.807) is 13.2 Å². The van der Waals surface area contributed by atoms with Gasteiger partial charge in [0.2, 0.25) is 0 Å². The summed E-state index contributed by atoms with van der Waals surface area (Å²) in [6.45, 7) is 3.09. The zero-order valence-electron chi connectivity index (χ0n) is 18.5. The molecule has 2 aromatic rings. The number of amides is 1. The van der Waals surface area contributed by atoms with Crippen molar-refractivity contribution in [3.63, 3.8) is 0 Å². The molecule has 0 unspecified atom stereocenters. The predicted octanol–water partition coefficient (Wildman–Crippen LogP) is 2.80. The Morgan fingerprint density at radius 3 is 2.66 bits per heavy atom. The summed E-state index contributed by atoms with van der Waals surface area (Å²) in [5.74, 6) is 0.937. The number of nitrogen functional groups attached to an aromatic ring is 2. The predicted molar refractivity (Wildman–Crippen MR) is 126 cm³/mol.